The third-order valence-electron chi connectivity index (χ3n) is 17.1. The van der Waals surface area contributed by atoms with Crippen molar-refractivity contribution in [3.8, 4) is 0 Å². The van der Waals surface area contributed by atoms with E-state index in [4.69, 9.17) is 37.0 Å². The number of phosphoric ester groups is 2. The molecule has 0 saturated heterocycles. The molecule has 3 N–H and O–H groups in total. The van der Waals surface area contributed by atoms with Gasteiger partial charge >= 0.3 is 39.5 Å². The number of hydrogen-bond acceptors (Lipinski definition) is 15. The molecule has 0 aliphatic carbocycles. The predicted molar refractivity (Wildman–Crippen MR) is 368 cm³/mol. The van der Waals surface area contributed by atoms with Gasteiger partial charge in [0.2, 0.25) is 0 Å². The van der Waals surface area contributed by atoms with E-state index in [2.05, 4.69) is 41.5 Å². The van der Waals surface area contributed by atoms with Crippen LogP contribution in [0.3, 0.4) is 0 Å². The molecule has 0 heterocycles. The number of aliphatic hydroxyl groups is 1. The van der Waals surface area contributed by atoms with Crippen molar-refractivity contribution >= 4 is 39.5 Å². The van der Waals surface area contributed by atoms with Crippen molar-refractivity contribution in [3.05, 3.63) is 0 Å². The van der Waals surface area contributed by atoms with Crippen LogP contribution in [-0.4, -0.2) is 96.7 Å². The molecular weight excluding hydrogens is 1200 g/mol. The summed E-state index contributed by atoms with van der Waals surface area (Å²) in [6.07, 6.45) is 50.0. The van der Waals surface area contributed by atoms with Gasteiger partial charge in [0.05, 0.1) is 26.4 Å². The number of phosphoric acid groups is 2. The summed E-state index contributed by atoms with van der Waals surface area (Å²) in [7, 11) is -9.90. The van der Waals surface area contributed by atoms with Crippen LogP contribution in [0.5, 0.6) is 0 Å². The maximum Gasteiger partial charge on any atom is 0.472 e. The molecule has 0 rings (SSSR count). The van der Waals surface area contributed by atoms with Gasteiger partial charge in [-0.15, -0.1) is 0 Å². The second-order valence-electron chi connectivity index (χ2n) is 26.7. The molecule has 0 aromatic rings. The fourth-order valence-electron chi connectivity index (χ4n) is 10.9. The van der Waals surface area contributed by atoms with Gasteiger partial charge in [0.15, 0.2) is 12.2 Å². The molecule has 3 unspecified atom stereocenters. The lowest BCUT2D eigenvalue weighted by Gasteiger charge is -2.21. The molecule has 0 aromatic heterocycles. The largest absolute Gasteiger partial charge is 0.472 e. The van der Waals surface area contributed by atoms with Crippen molar-refractivity contribution in [1.82, 2.24) is 0 Å². The minimum Gasteiger partial charge on any atom is -0.462 e. The molecule has 19 heteroatoms. The molecule has 0 bridgehead atoms. The molecule has 0 aliphatic heterocycles. The molecule has 0 amide bonds. The van der Waals surface area contributed by atoms with E-state index >= 15 is 0 Å². The Morgan fingerprint density at radius 2 is 0.560 bits per heavy atom. The number of esters is 4. The van der Waals surface area contributed by atoms with Gasteiger partial charge in [-0.05, 0) is 37.5 Å². The Labute approximate surface area is 556 Å². The molecule has 0 spiro atoms. The zero-order valence-electron chi connectivity index (χ0n) is 59.1. The second kappa shape index (κ2) is 64.1. The molecule has 17 nitrogen and oxygen atoms in total. The van der Waals surface area contributed by atoms with Crippen molar-refractivity contribution < 1.29 is 80.2 Å². The molecule has 540 valence electrons. The van der Waals surface area contributed by atoms with E-state index < -0.39 is 97.5 Å². The molecule has 0 aliphatic rings. The van der Waals surface area contributed by atoms with Crippen molar-refractivity contribution in [1.29, 1.82) is 0 Å². The highest BCUT2D eigenvalue weighted by Gasteiger charge is 2.30. The summed E-state index contributed by atoms with van der Waals surface area (Å²) in [4.78, 5) is 72.5. The zero-order chi connectivity index (χ0) is 67.2. The van der Waals surface area contributed by atoms with Gasteiger partial charge in [0.25, 0.3) is 0 Å². The summed E-state index contributed by atoms with van der Waals surface area (Å²) < 4.78 is 68.3. The van der Waals surface area contributed by atoms with Crippen molar-refractivity contribution in [2.24, 2.45) is 11.8 Å². The minimum atomic E-state index is -4.95. The van der Waals surface area contributed by atoms with Crippen LogP contribution in [0.15, 0.2) is 0 Å². The summed E-state index contributed by atoms with van der Waals surface area (Å²) in [5.41, 5.74) is 0. The topological polar surface area (TPSA) is 237 Å². The molecule has 0 aromatic carbocycles. The van der Waals surface area contributed by atoms with Crippen LogP contribution >= 0.6 is 15.6 Å². The summed E-state index contributed by atoms with van der Waals surface area (Å²) in [6.45, 7) is 9.53. The first-order valence-electron chi connectivity index (χ1n) is 37.5. The van der Waals surface area contributed by atoms with E-state index in [1.54, 1.807) is 0 Å². The van der Waals surface area contributed by atoms with Crippen LogP contribution in [0.1, 0.15) is 369 Å². The number of ether oxygens (including phenoxy) is 4. The van der Waals surface area contributed by atoms with Crippen molar-refractivity contribution in [2.45, 2.75) is 387 Å². The van der Waals surface area contributed by atoms with Gasteiger partial charge in [-0.1, -0.05) is 318 Å². The number of aliphatic hydroxyl groups excluding tert-OH is 1. The second-order valence-corrected chi connectivity index (χ2v) is 29.6. The number of carbonyl (C=O) groups excluding carboxylic acids is 4. The predicted octanol–water partition coefficient (Wildman–Crippen LogP) is 20.8. The fourth-order valence-corrected chi connectivity index (χ4v) is 12.5. The molecular formula is C72H140O17P2. The van der Waals surface area contributed by atoms with E-state index in [-0.39, 0.29) is 25.7 Å². The third-order valence-corrected chi connectivity index (χ3v) is 19.0. The number of unbranched alkanes of at least 4 members (excludes halogenated alkanes) is 40. The first kappa shape index (κ1) is 89.1. The first-order chi connectivity index (χ1) is 43.9. The number of hydrogen-bond donors (Lipinski definition) is 3. The van der Waals surface area contributed by atoms with E-state index in [1.807, 2.05) is 0 Å². The quantitative estimate of drug-likeness (QED) is 0.0222. The Kier molecular flexibility index (Phi) is 62.7. The number of rotatable bonds is 71. The van der Waals surface area contributed by atoms with Crippen LogP contribution in [0.4, 0.5) is 0 Å². The lowest BCUT2D eigenvalue weighted by Crippen LogP contribution is -2.30. The fraction of sp³-hybridized carbons (Fsp3) is 0.944. The summed E-state index contributed by atoms with van der Waals surface area (Å²) in [5.74, 6) is -0.574. The standard InChI is InChI=1S/C72H140O17P2/c1-7-10-12-14-16-17-18-19-20-21-22-23-28-31-38-44-50-56-71(76)88-68(61-83-70(75)55-49-43-37-30-27-25-24-26-29-35-40-46-52-64(4)5)63-87-91(80,81)85-59-66(73)58-84-90(78,79)86-62-67(60-82-69(74)54-48-42-34-15-13-11-8-2)89-72(77)57-51-45-39-33-32-36-41-47-53-65(6)9-3/h64-68,73H,7-63H2,1-6H3,(H,78,79)(H,80,81)/t65?,66-,67+,68+/m0/s1. The van der Waals surface area contributed by atoms with E-state index in [0.717, 1.165) is 115 Å². The van der Waals surface area contributed by atoms with Crippen LogP contribution in [-0.2, 0) is 65.4 Å². The minimum absolute atomic E-state index is 0.105. The Morgan fingerprint density at radius 1 is 0.319 bits per heavy atom. The van der Waals surface area contributed by atoms with Gasteiger partial charge in [-0.25, -0.2) is 9.13 Å². The highest BCUT2D eigenvalue weighted by atomic mass is 31.2. The Hall–Kier alpha value is -1.94. The molecule has 0 radical (unpaired) electrons. The van der Waals surface area contributed by atoms with Gasteiger partial charge in [-0.3, -0.25) is 37.3 Å². The van der Waals surface area contributed by atoms with Crippen LogP contribution in [0.25, 0.3) is 0 Å². The lowest BCUT2D eigenvalue weighted by atomic mass is 9.99. The normalized spacial score (nSPS) is 14.4. The van der Waals surface area contributed by atoms with Crippen molar-refractivity contribution in [2.75, 3.05) is 39.6 Å². The smallest absolute Gasteiger partial charge is 0.462 e. The average molecular weight is 1340 g/mol. The molecule has 0 saturated carbocycles. The Bertz CT molecular complexity index is 1770. The van der Waals surface area contributed by atoms with Crippen LogP contribution < -0.4 is 0 Å². The highest BCUT2D eigenvalue weighted by molar-refractivity contribution is 7.47. The Balaban J connectivity index is 5.21. The molecule has 0 fully saturated rings. The van der Waals surface area contributed by atoms with Crippen LogP contribution in [0, 0.1) is 11.8 Å². The maximum absolute atomic E-state index is 13.0. The van der Waals surface area contributed by atoms with E-state index in [9.17, 15) is 43.2 Å². The zero-order valence-corrected chi connectivity index (χ0v) is 60.9. The van der Waals surface area contributed by atoms with Gasteiger partial charge in [0, 0.05) is 25.7 Å². The first-order valence-corrected chi connectivity index (χ1v) is 40.5. The highest BCUT2D eigenvalue weighted by Crippen LogP contribution is 2.45. The SMILES string of the molecule is CCCCCCCCCCCCCCCCCCCC(=O)O[C@H](COC(=O)CCCCCCCCCCCCCCC(C)C)COP(=O)(O)OC[C@@H](O)COP(=O)(O)OC[C@@H](COC(=O)CCCCCCCCC)OC(=O)CCCCCCCCCCC(C)CC. The molecule has 91 heavy (non-hydrogen) atoms. The van der Waals surface area contributed by atoms with E-state index in [1.165, 1.54) is 173 Å². The van der Waals surface area contributed by atoms with Crippen molar-refractivity contribution in [3.63, 3.8) is 0 Å². The Morgan fingerprint density at radius 3 is 0.835 bits per heavy atom. The summed E-state index contributed by atoms with van der Waals surface area (Å²) in [6, 6.07) is 0. The van der Waals surface area contributed by atoms with Crippen LogP contribution in [0.2, 0.25) is 0 Å². The van der Waals surface area contributed by atoms with Gasteiger partial charge < -0.3 is 33.8 Å². The molecule has 6 atom stereocenters. The van der Waals surface area contributed by atoms with Gasteiger partial charge in [-0.2, -0.15) is 0 Å². The third kappa shape index (κ3) is 65.1. The lowest BCUT2D eigenvalue weighted by molar-refractivity contribution is -0.161. The number of carbonyl (C=O) groups is 4. The monoisotopic (exact) mass is 1340 g/mol. The average Bonchev–Trinajstić information content (AvgIpc) is 3.73. The van der Waals surface area contributed by atoms with E-state index in [0.29, 0.717) is 25.7 Å². The summed E-state index contributed by atoms with van der Waals surface area (Å²) >= 11 is 0. The van der Waals surface area contributed by atoms with Gasteiger partial charge in [0.1, 0.15) is 19.3 Å². The summed E-state index contributed by atoms with van der Waals surface area (Å²) in [5, 5.41) is 10.6. The maximum atomic E-state index is 13.0.